The van der Waals surface area contributed by atoms with Crippen molar-refractivity contribution < 1.29 is 17.9 Å². The second-order valence-electron chi connectivity index (χ2n) is 4.30. The van der Waals surface area contributed by atoms with Gasteiger partial charge < -0.3 is 9.47 Å². The van der Waals surface area contributed by atoms with Crippen molar-refractivity contribution in [1.29, 1.82) is 0 Å². The Morgan fingerprint density at radius 3 is 2.41 bits per heavy atom. The molecule has 1 N–H and O–H groups in total. The van der Waals surface area contributed by atoms with Gasteiger partial charge >= 0.3 is 0 Å². The molecule has 22 heavy (non-hydrogen) atoms. The van der Waals surface area contributed by atoms with Gasteiger partial charge in [0.25, 0.3) is 10.0 Å². The molecule has 0 spiro atoms. The largest absolute Gasteiger partial charge is 0.490 e. The van der Waals surface area contributed by atoms with Crippen molar-refractivity contribution in [2.75, 3.05) is 17.9 Å². The molecule has 0 bridgehead atoms. The Labute approximate surface area is 130 Å². The van der Waals surface area contributed by atoms with Crippen LogP contribution >= 0.6 is 0 Å². The predicted octanol–water partition coefficient (Wildman–Crippen LogP) is 2.68. The summed E-state index contributed by atoms with van der Waals surface area (Å²) in [5.41, 5.74) is 0. The molecule has 1 aromatic carbocycles. The van der Waals surface area contributed by atoms with E-state index in [0.717, 1.165) is 0 Å². The van der Waals surface area contributed by atoms with Crippen LogP contribution in [-0.2, 0) is 10.0 Å². The van der Waals surface area contributed by atoms with Crippen molar-refractivity contribution in [1.82, 2.24) is 4.98 Å². The van der Waals surface area contributed by atoms with Gasteiger partial charge in [-0.1, -0.05) is 6.07 Å². The van der Waals surface area contributed by atoms with E-state index in [1.165, 1.54) is 18.3 Å². The molecule has 0 amide bonds. The number of sulfonamides is 1. The third-order valence-electron chi connectivity index (χ3n) is 2.73. The zero-order valence-electron chi connectivity index (χ0n) is 12.4. The summed E-state index contributed by atoms with van der Waals surface area (Å²) < 4.78 is 38.0. The van der Waals surface area contributed by atoms with Crippen molar-refractivity contribution in [3.8, 4) is 11.5 Å². The lowest BCUT2D eigenvalue weighted by Crippen LogP contribution is -2.14. The molecule has 0 aliphatic carbocycles. The lowest BCUT2D eigenvalue weighted by molar-refractivity contribution is 0.287. The summed E-state index contributed by atoms with van der Waals surface area (Å²) in [6, 6.07) is 9.49. The highest BCUT2D eigenvalue weighted by Gasteiger charge is 2.18. The van der Waals surface area contributed by atoms with Crippen molar-refractivity contribution >= 4 is 15.8 Å². The highest BCUT2D eigenvalue weighted by atomic mass is 32.2. The minimum Gasteiger partial charge on any atom is -0.490 e. The smallest absolute Gasteiger partial charge is 0.263 e. The topological polar surface area (TPSA) is 77.5 Å². The standard InChI is InChI=1S/C15H18N2O4S/c1-3-20-13-9-8-12(11-14(13)21-4-2)22(18,19)17-15-7-5-6-10-16-15/h5-11H,3-4H2,1-2H3,(H,16,17). The summed E-state index contributed by atoms with van der Waals surface area (Å²) >= 11 is 0. The molecule has 0 unspecified atom stereocenters. The fourth-order valence-electron chi connectivity index (χ4n) is 1.82. The van der Waals surface area contributed by atoms with Crippen LogP contribution in [0.3, 0.4) is 0 Å². The van der Waals surface area contributed by atoms with Crippen LogP contribution in [-0.4, -0.2) is 26.6 Å². The van der Waals surface area contributed by atoms with Gasteiger partial charge in [-0.15, -0.1) is 0 Å². The first-order valence-corrected chi connectivity index (χ1v) is 8.38. The van der Waals surface area contributed by atoms with Gasteiger partial charge in [-0.05, 0) is 38.1 Å². The van der Waals surface area contributed by atoms with E-state index in [2.05, 4.69) is 9.71 Å². The van der Waals surface area contributed by atoms with E-state index in [9.17, 15) is 8.42 Å². The molecule has 1 heterocycles. The Morgan fingerprint density at radius 1 is 1.05 bits per heavy atom. The number of hydrogen-bond donors (Lipinski definition) is 1. The molecule has 2 rings (SSSR count). The number of anilines is 1. The van der Waals surface area contributed by atoms with Crippen LogP contribution in [0.2, 0.25) is 0 Å². The second kappa shape index (κ2) is 7.13. The SMILES string of the molecule is CCOc1ccc(S(=O)(=O)Nc2ccccn2)cc1OCC. The minimum absolute atomic E-state index is 0.0880. The van der Waals surface area contributed by atoms with Crippen molar-refractivity contribution in [2.45, 2.75) is 18.7 Å². The van der Waals surface area contributed by atoms with Gasteiger partial charge in [-0.3, -0.25) is 4.72 Å². The van der Waals surface area contributed by atoms with Crippen molar-refractivity contribution in [2.24, 2.45) is 0 Å². The number of nitrogens with one attached hydrogen (secondary N) is 1. The summed E-state index contributed by atoms with van der Waals surface area (Å²) in [6.07, 6.45) is 1.52. The molecule has 0 radical (unpaired) electrons. The molecular weight excluding hydrogens is 304 g/mol. The maximum Gasteiger partial charge on any atom is 0.263 e. The van der Waals surface area contributed by atoms with Crippen LogP contribution in [0.5, 0.6) is 11.5 Å². The number of hydrogen-bond acceptors (Lipinski definition) is 5. The zero-order chi connectivity index (χ0) is 16.0. The number of benzene rings is 1. The van der Waals surface area contributed by atoms with Crippen molar-refractivity contribution in [3.63, 3.8) is 0 Å². The Balaban J connectivity index is 2.32. The highest BCUT2D eigenvalue weighted by Crippen LogP contribution is 2.30. The number of rotatable bonds is 7. The Morgan fingerprint density at radius 2 is 1.77 bits per heavy atom. The molecule has 0 fully saturated rings. The first-order chi connectivity index (χ1) is 10.6. The number of pyridine rings is 1. The number of aromatic nitrogens is 1. The average Bonchev–Trinajstić information content (AvgIpc) is 2.50. The van der Waals surface area contributed by atoms with E-state index >= 15 is 0 Å². The highest BCUT2D eigenvalue weighted by molar-refractivity contribution is 7.92. The molecule has 1 aromatic heterocycles. The monoisotopic (exact) mass is 322 g/mol. The van der Waals surface area contributed by atoms with Crippen LogP contribution in [0.4, 0.5) is 5.82 Å². The summed E-state index contributed by atoms with van der Waals surface area (Å²) in [7, 11) is -3.73. The van der Waals surface area contributed by atoms with Gasteiger partial charge in [0.15, 0.2) is 11.5 Å². The zero-order valence-corrected chi connectivity index (χ0v) is 13.3. The predicted molar refractivity (Wildman–Crippen MR) is 83.8 cm³/mol. The van der Waals surface area contributed by atoms with Crippen LogP contribution in [0, 0.1) is 0 Å². The molecule has 6 nitrogen and oxygen atoms in total. The normalized spacial score (nSPS) is 11.0. The lowest BCUT2D eigenvalue weighted by atomic mass is 10.3. The van der Waals surface area contributed by atoms with E-state index in [4.69, 9.17) is 9.47 Å². The van der Waals surface area contributed by atoms with Gasteiger partial charge in [-0.2, -0.15) is 0 Å². The summed E-state index contributed by atoms with van der Waals surface area (Å²) in [4.78, 5) is 4.04. The van der Waals surface area contributed by atoms with Crippen LogP contribution < -0.4 is 14.2 Å². The lowest BCUT2D eigenvalue weighted by Gasteiger charge is -2.13. The van der Waals surface area contributed by atoms with Gasteiger partial charge in [0, 0.05) is 12.3 Å². The van der Waals surface area contributed by atoms with E-state index in [1.54, 1.807) is 24.3 Å². The van der Waals surface area contributed by atoms with Gasteiger partial charge in [0.2, 0.25) is 0 Å². The first-order valence-electron chi connectivity index (χ1n) is 6.90. The average molecular weight is 322 g/mol. The molecule has 0 saturated carbocycles. The van der Waals surface area contributed by atoms with Gasteiger partial charge in [0.05, 0.1) is 18.1 Å². The molecule has 0 aliphatic heterocycles. The molecule has 0 aliphatic rings. The van der Waals surface area contributed by atoms with E-state index in [0.29, 0.717) is 24.7 Å². The fraction of sp³-hybridized carbons (Fsp3) is 0.267. The summed E-state index contributed by atoms with van der Waals surface area (Å²) in [6.45, 7) is 4.56. The van der Waals surface area contributed by atoms with E-state index in [-0.39, 0.29) is 10.7 Å². The molecule has 0 saturated heterocycles. The van der Waals surface area contributed by atoms with Crippen molar-refractivity contribution in [3.05, 3.63) is 42.6 Å². The van der Waals surface area contributed by atoms with Crippen LogP contribution in [0.25, 0.3) is 0 Å². The Bertz CT molecular complexity index is 718. The summed E-state index contributed by atoms with van der Waals surface area (Å²) in [5.74, 6) is 1.17. The third kappa shape index (κ3) is 3.88. The maximum atomic E-state index is 12.4. The fourth-order valence-corrected chi connectivity index (χ4v) is 2.84. The molecule has 7 heteroatoms. The molecule has 2 aromatic rings. The number of ether oxygens (including phenoxy) is 2. The minimum atomic E-state index is -3.73. The Kier molecular flexibility index (Phi) is 5.21. The van der Waals surface area contributed by atoms with E-state index < -0.39 is 10.0 Å². The molecule has 0 atom stereocenters. The maximum absolute atomic E-state index is 12.4. The summed E-state index contributed by atoms with van der Waals surface area (Å²) in [5, 5.41) is 0. The third-order valence-corrected chi connectivity index (χ3v) is 4.08. The van der Waals surface area contributed by atoms with Gasteiger partial charge in [-0.25, -0.2) is 13.4 Å². The van der Waals surface area contributed by atoms with E-state index in [1.807, 2.05) is 13.8 Å². The van der Waals surface area contributed by atoms with Crippen LogP contribution in [0.15, 0.2) is 47.5 Å². The molecular formula is C15H18N2O4S. The van der Waals surface area contributed by atoms with Gasteiger partial charge in [0.1, 0.15) is 5.82 Å². The first kappa shape index (κ1) is 16.1. The Hall–Kier alpha value is -2.28. The van der Waals surface area contributed by atoms with Crippen LogP contribution in [0.1, 0.15) is 13.8 Å². The number of nitrogens with zero attached hydrogens (tertiary/aromatic N) is 1. The second-order valence-corrected chi connectivity index (χ2v) is 5.98. The molecule has 118 valence electrons. The quantitative estimate of drug-likeness (QED) is 0.848.